The first-order chi connectivity index (χ1) is 6.20. The average molecular weight is 203 g/mol. The predicted octanol–water partition coefficient (Wildman–Crippen LogP) is 1.41. The third kappa shape index (κ3) is 4.40. The van der Waals surface area contributed by atoms with Gasteiger partial charge in [-0.05, 0) is 33.6 Å². The molecule has 0 bridgehead atoms. The van der Waals surface area contributed by atoms with Crippen molar-refractivity contribution >= 4 is 0 Å². The van der Waals surface area contributed by atoms with Gasteiger partial charge < -0.3 is 15.2 Å². The van der Waals surface area contributed by atoms with Crippen molar-refractivity contribution < 1.29 is 9.84 Å². The highest BCUT2D eigenvalue weighted by molar-refractivity contribution is 4.93. The second-order valence-corrected chi connectivity index (χ2v) is 5.13. The predicted molar refractivity (Wildman–Crippen MR) is 59.4 cm³/mol. The quantitative estimate of drug-likeness (QED) is 0.686. The van der Waals surface area contributed by atoms with Crippen LogP contribution < -0.4 is 5.32 Å². The number of rotatable bonds is 6. The van der Waals surface area contributed by atoms with Gasteiger partial charge in [-0.3, -0.25) is 0 Å². The third-order valence-corrected chi connectivity index (χ3v) is 2.87. The molecule has 2 N–H and O–H groups in total. The van der Waals surface area contributed by atoms with Crippen molar-refractivity contribution in [1.29, 1.82) is 0 Å². The van der Waals surface area contributed by atoms with Crippen LogP contribution in [0.25, 0.3) is 0 Å². The lowest BCUT2D eigenvalue weighted by molar-refractivity contribution is -0.00725. The van der Waals surface area contributed by atoms with Crippen molar-refractivity contribution in [3.8, 4) is 0 Å². The Morgan fingerprint density at radius 3 is 2.14 bits per heavy atom. The fourth-order valence-corrected chi connectivity index (χ4v) is 0.989. The van der Waals surface area contributed by atoms with Gasteiger partial charge in [0.05, 0.1) is 5.60 Å². The SMILES string of the molecule is COCC(C)CNC(C)(C)C(C)(C)O. The molecule has 0 aromatic carbocycles. The Morgan fingerprint density at radius 1 is 1.29 bits per heavy atom. The molecule has 0 rings (SSSR count). The lowest BCUT2D eigenvalue weighted by Gasteiger charge is -2.39. The molecule has 0 saturated carbocycles. The van der Waals surface area contributed by atoms with E-state index < -0.39 is 5.60 Å². The standard InChI is InChI=1S/C11H25NO2/c1-9(8-14-6)7-12-10(2,3)11(4,5)13/h9,12-13H,7-8H2,1-6H3. The van der Waals surface area contributed by atoms with Gasteiger partial charge in [0.25, 0.3) is 0 Å². The number of nitrogens with one attached hydrogen (secondary N) is 1. The van der Waals surface area contributed by atoms with Crippen molar-refractivity contribution in [2.45, 2.75) is 45.8 Å². The van der Waals surface area contributed by atoms with Crippen LogP contribution in [-0.4, -0.2) is 36.5 Å². The van der Waals surface area contributed by atoms with Gasteiger partial charge in [0.15, 0.2) is 0 Å². The van der Waals surface area contributed by atoms with E-state index in [0.29, 0.717) is 5.92 Å². The van der Waals surface area contributed by atoms with Gasteiger partial charge in [0.1, 0.15) is 0 Å². The average Bonchev–Trinajstić information content (AvgIpc) is 1.99. The number of ether oxygens (including phenoxy) is 1. The zero-order chi connectivity index (χ0) is 11.4. The molecule has 0 radical (unpaired) electrons. The summed E-state index contributed by atoms with van der Waals surface area (Å²) in [7, 11) is 1.71. The van der Waals surface area contributed by atoms with Crippen LogP contribution in [0, 0.1) is 5.92 Å². The zero-order valence-corrected chi connectivity index (χ0v) is 10.3. The molecule has 3 nitrogen and oxygen atoms in total. The Balaban J connectivity index is 3.99. The number of methoxy groups -OCH3 is 1. The summed E-state index contributed by atoms with van der Waals surface area (Å²) in [6.45, 7) is 11.4. The summed E-state index contributed by atoms with van der Waals surface area (Å²) in [4.78, 5) is 0. The molecule has 0 aliphatic carbocycles. The molecular weight excluding hydrogens is 178 g/mol. The second kappa shape index (κ2) is 5.10. The van der Waals surface area contributed by atoms with Crippen molar-refractivity contribution in [2.75, 3.05) is 20.3 Å². The molecule has 0 fully saturated rings. The second-order valence-electron chi connectivity index (χ2n) is 5.13. The fraction of sp³-hybridized carbons (Fsp3) is 1.00. The lowest BCUT2D eigenvalue weighted by atomic mass is 9.85. The van der Waals surface area contributed by atoms with Crippen LogP contribution in [0.2, 0.25) is 0 Å². The van der Waals surface area contributed by atoms with E-state index in [1.165, 1.54) is 0 Å². The van der Waals surface area contributed by atoms with Gasteiger partial charge in [0.2, 0.25) is 0 Å². The van der Waals surface area contributed by atoms with Crippen molar-refractivity contribution in [3.63, 3.8) is 0 Å². The maximum absolute atomic E-state index is 9.89. The molecule has 0 spiro atoms. The summed E-state index contributed by atoms with van der Waals surface area (Å²) in [6, 6.07) is 0. The minimum Gasteiger partial charge on any atom is -0.389 e. The first-order valence-corrected chi connectivity index (χ1v) is 5.17. The van der Waals surface area contributed by atoms with E-state index in [1.807, 2.05) is 27.7 Å². The molecule has 86 valence electrons. The molecule has 0 amide bonds. The number of hydrogen-bond donors (Lipinski definition) is 2. The summed E-state index contributed by atoms with van der Waals surface area (Å²) < 4.78 is 5.05. The van der Waals surface area contributed by atoms with Gasteiger partial charge in [-0.1, -0.05) is 6.92 Å². The van der Waals surface area contributed by atoms with Gasteiger partial charge in [-0.25, -0.2) is 0 Å². The van der Waals surface area contributed by atoms with Crippen LogP contribution in [-0.2, 0) is 4.74 Å². The van der Waals surface area contributed by atoms with Crippen LogP contribution in [0.3, 0.4) is 0 Å². The van der Waals surface area contributed by atoms with Crippen molar-refractivity contribution in [2.24, 2.45) is 5.92 Å². The highest BCUT2D eigenvalue weighted by Crippen LogP contribution is 2.20. The van der Waals surface area contributed by atoms with Crippen LogP contribution in [0.4, 0.5) is 0 Å². The van der Waals surface area contributed by atoms with E-state index >= 15 is 0 Å². The molecule has 0 aliphatic rings. The topological polar surface area (TPSA) is 41.5 Å². The Labute approximate surface area is 87.8 Å². The van der Waals surface area contributed by atoms with Crippen molar-refractivity contribution in [3.05, 3.63) is 0 Å². The summed E-state index contributed by atoms with van der Waals surface area (Å²) >= 11 is 0. The minimum absolute atomic E-state index is 0.283. The summed E-state index contributed by atoms with van der Waals surface area (Å²) in [6.07, 6.45) is 0. The van der Waals surface area contributed by atoms with E-state index in [-0.39, 0.29) is 5.54 Å². The Morgan fingerprint density at radius 2 is 1.79 bits per heavy atom. The highest BCUT2D eigenvalue weighted by atomic mass is 16.5. The van der Waals surface area contributed by atoms with Crippen LogP contribution in [0.5, 0.6) is 0 Å². The molecule has 0 saturated heterocycles. The molecule has 14 heavy (non-hydrogen) atoms. The largest absolute Gasteiger partial charge is 0.389 e. The number of aliphatic hydroxyl groups is 1. The normalized spacial score (nSPS) is 15.6. The van der Waals surface area contributed by atoms with E-state index in [4.69, 9.17) is 4.74 Å². The Bertz CT molecular complexity index is 161. The Hall–Kier alpha value is -0.120. The van der Waals surface area contributed by atoms with E-state index in [1.54, 1.807) is 7.11 Å². The molecule has 0 aromatic heterocycles. The smallest absolute Gasteiger partial charge is 0.0767 e. The molecule has 0 heterocycles. The molecule has 1 unspecified atom stereocenters. The third-order valence-electron chi connectivity index (χ3n) is 2.87. The summed E-state index contributed by atoms with van der Waals surface area (Å²) in [5, 5.41) is 13.2. The monoisotopic (exact) mass is 203 g/mol. The molecule has 3 heteroatoms. The van der Waals surface area contributed by atoms with Gasteiger partial charge in [-0.2, -0.15) is 0 Å². The molecule has 0 aliphatic heterocycles. The zero-order valence-electron chi connectivity index (χ0n) is 10.3. The van der Waals surface area contributed by atoms with Crippen LogP contribution in [0.1, 0.15) is 34.6 Å². The molecule has 0 aromatic rings. The minimum atomic E-state index is -0.722. The first-order valence-electron chi connectivity index (χ1n) is 5.17. The molecular formula is C11H25NO2. The Kier molecular flexibility index (Phi) is 5.06. The number of hydrogen-bond acceptors (Lipinski definition) is 3. The highest BCUT2D eigenvalue weighted by Gasteiger charge is 2.34. The maximum atomic E-state index is 9.89. The van der Waals surface area contributed by atoms with E-state index in [0.717, 1.165) is 13.2 Å². The molecule has 1 atom stereocenters. The van der Waals surface area contributed by atoms with E-state index in [2.05, 4.69) is 12.2 Å². The van der Waals surface area contributed by atoms with Crippen LogP contribution in [0.15, 0.2) is 0 Å². The van der Waals surface area contributed by atoms with Gasteiger partial charge in [0, 0.05) is 25.8 Å². The van der Waals surface area contributed by atoms with Crippen LogP contribution >= 0.6 is 0 Å². The van der Waals surface area contributed by atoms with Gasteiger partial charge >= 0.3 is 0 Å². The summed E-state index contributed by atoms with van der Waals surface area (Å²) in [5.41, 5.74) is -1.01. The van der Waals surface area contributed by atoms with Gasteiger partial charge in [-0.15, -0.1) is 0 Å². The first kappa shape index (κ1) is 13.9. The maximum Gasteiger partial charge on any atom is 0.0767 e. The van der Waals surface area contributed by atoms with E-state index in [9.17, 15) is 5.11 Å². The summed E-state index contributed by atoms with van der Waals surface area (Å²) in [5.74, 6) is 0.460. The lowest BCUT2D eigenvalue weighted by Crippen LogP contribution is -2.56. The fourth-order valence-electron chi connectivity index (χ4n) is 0.989. The van der Waals surface area contributed by atoms with Crippen molar-refractivity contribution in [1.82, 2.24) is 5.32 Å².